The molecule has 0 aliphatic carbocycles. The van der Waals surface area contributed by atoms with E-state index in [9.17, 15) is 0 Å². The molecule has 0 bridgehead atoms. The summed E-state index contributed by atoms with van der Waals surface area (Å²) in [6.45, 7) is 3.68. The lowest BCUT2D eigenvalue weighted by atomic mass is 10.1. The van der Waals surface area contributed by atoms with E-state index in [1.807, 2.05) is 0 Å². The number of nitrogens with zero attached hydrogens (tertiary/aromatic N) is 1. The molecule has 3 heteroatoms. The maximum Gasteiger partial charge on any atom is 0.0587 e. The van der Waals surface area contributed by atoms with Gasteiger partial charge in [0.05, 0.1) is 6.61 Å². The first-order valence-electron chi connectivity index (χ1n) is 7.77. The van der Waals surface area contributed by atoms with Gasteiger partial charge in [-0.2, -0.15) is 0 Å². The average Bonchev–Trinajstić information content (AvgIpc) is 2.97. The highest BCUT2D eigenvalue weighted by Crippen LogP contribution is 2.07. The topological polar surface area (TPSA) is 26.2 Å². The minimum Gasteiger partial charge on any atom is -0.383 e. The Morgan fingerprint density at radius 1 is 1.05 bits per heavy atom. The Balaban J connectivity index is 1.61. The Labute approximate surface area is 127 Å². The molecule has 21 heavy (non-hydrogen) atoms. The van der Waals surface area contributed by atoms with E-state index < -0.39 is 0 Å². The molecule has 0 saturated carbocycles. The molecule has 0 radical (unpaired) electrons. The van der Waals surface area contributed by atoms with Crippen molar-refractivity contribution < 1.29 is 4.74 Å². The third kappa shape index (κ3) is 6.15. The van der Waals surface area contributed by atoms with Crippen molar-refractivity contribution in [2.45, 2.75) is 32.4 Å². The van der Waals surface area contributed by atoms with Crippen molar-refractivity contribution in [2.24, 2.45) is 0 Å². The maximum absolute atomic E-state index is 5.02. The molecule has 0 aliphatic rings. The van der Waals surface area contributed by atoms with Gasteiger partial charge in [0.2, 0.25) is 0 Å². The predicted molar refractivity (Wildman–Crippen MR) is 87.4 cm³/mol. The van der Waals surface area contributed by atoms with Crippen LogP contribution in [0.5, 0.6) is 0 Å². The van der Waals surface area contributed by atoms with Gasteiger partial charge in [-0.05, 0) is 36.5 Å². The predicted octanol–water partition coefficient (Wildman–Crippen LogP) is 3.25. The Morgan fingerprint density at radius 3 is 2.71 bits per heavy atom. The fraction of sp³-hybridized carbons (Fsp3) is 0.444. The van der Waals surface area contributed by atoms with Gasteiger partial charge in [-0.3, -0.25) is 0 Å². The van der Waals surface area contributed by atoms with E-state index >= 15 is 0 Å². The van der Waals surface area contributed by atoms with Crippen molar-refractivity contribution in [2.75, 3.05) is 20.3 Å². The van der Waals surface area contributed by atoms with Gasteiger partial charge in [-0.1, -0.05) is 30.3 Å². The van der Waals surface area contributed by atoms with Gasteiger partial charge in [-0.15, -0.1) is 0 Å². The van der Waals surface area contributed by atoms with Crippen molar-refractivity contribution >= 4 is 0 Å². The fourth-order valence-electron chi connectivity index (χ4n) is 2.41. The van der Waals surface area contributed by atoms with E-state index in [0.29, 0.717) is 0 Å². The SMILES string of the molecule is COCCNCc1ccn(CCCCc2ccccc2)c1. The molecule has 1 aromatic carbocycles. The number of ether oxygens (including phenoxy) is 1. The van der Waals surface area contributed by atoms with Gasteiger partial charge >= 0.3 is 0 Å². The van der Waals surface area contributed by atoms with Crippen molar-refractivity contribution in [1.29, 1.82) is 0 Å². The van der Waals surface area contributed by atoms with E-state index in [1.54, 1.807) is 7.11 Å². The van der Waals surface area contributed by atoms with Gasteiger partial charge in [0.25, 0.3) is 0 Å². The van der Waals surface area contributed by atoms with Crippen molar-refractivity contribution in [3.05, 3.63) is 59.9 Å². The van der Waals surface area contributed by atoms with Crippen molar-refractivity contribution in [3.8, 4) is 0 Å². The minimum absolute atomic E-state index is 0.764. The van der Waals surface area contributed by atoms with Gasteiger partial charge in [-0.25, -0.2) is 0 Å². The zero-order valence-electron chi connectivity index (χ0n) is 12.9. The van der Waals surface area contributed by atoms with Gasteiger partial charge in [0.15, 0.2) is 0 Å². The fourth-order valence-corrected chi connectivity index (χ4v) is 2.41. The average molecular weight is 286 g/mol. The maximum atomic E-state index is 5.02. The van der Waals surface area contributed by atoms with Gasteiger partial charge in [0, 0.05) is 39.1 Å². The summed E-state index contributed by atoms with van der Waals surface area (Å²) < 4.78 is 7.31. The number of aryl methyl sites for hydroxylation is 2. The van der Waals surface area contributed by atoms with Gasteiger partial charge in [0.1, 0.15) is 0 Å². The number of rotatable bonds is 10. The molecule has 1 N–H and O–H groups in total. The third-order valence-corrected chi connectivity index (χ3v) is 3.60. The molecular weight excluding hydrogens is 260 g/mol. The molecule has 1 heterocycles. The van der Waals surface area contributed by atoms with Crippen LogP contribution >= 0.6 is 0 Å². The first-order chi connectivity index (χ1) is 10.4. The normalized spacial score (nSPS) is 10.9. The zero-order valence-corrected chi connectivity index (χ0v) is 12.9. The third-order valence-electron chi connectivity index (χ3n) is 3.60. The highest BCUT2D eigenvalue weighted by atomic mass is 16.5. The Bertz CT molecular complexity index is 493. The molecule has 1 aromatic heterocycles. The van der Waals surface area contributed by atoms with Crippen molar-refractivity contribution in [1.82, 2.24) is 9.88 Å². The van der Waals surface area contributed by atoms with Crippen LogP contribution in [0, 0.1) is 0 Å². The van der Waals surface area contributed by atoms with E-state index in [1.165, 1.54) is 30.4 Å². The molecule has 0 spiro atoms. The quantitative estimate of drug-likeness (QED) is 0.679. The van der Waals surface area contributed by atoms with Gasteiger partial charge < -0.3 is 14.6 Å². The summed E-state index contributed by atoms with van der Waals surface area (Å²) >= 11 is 0. The summed E-state index contributed by atoms with van der Waals surface area (Å²) in [7, 11) is 1.73. The van der Waals surface area contributed by atoms with Crippen LogP contribution in [0.3, 0.4) is 0 Å². The Morgan fingerprint density at radius 2 is 1.90 bits per heavy atom. The first kappa shape index (κ1) is 15.8. The molecule has 0 atom stereocenters. The van der Waals surface area contributed by atoms with Crippen LogP contribution in [0.1, 0.15) is 24.0 Å². The number of nitrogens with one attached hydrogen (secondary N) is 1. The van der Waals surface area contributed by atoms with E-state index in [-0.39, 0.29) is 0 Å². The standard InChI is InChI=1S/C18H26N2O/c1-21-14-11-19-15-18-10-13-20(16-18)12-6-5-9-17-7-3-2-4-8-17/h2-4,7-8,10,13,16,19H,5-6,9,11-12,14-15H2,1H3. The van der Waals surface area contributed by atoms with Crippen LogP contribution in [-0.2, 0) is 24.2 Å². The molecule has 3 nitrogen and oxygen atoms in total. The summed E-state index contributed by atoms with van der Waals surface area (Å²) in [6.07, 6.45) is 8.05. The lowest BCUT2D eigenvalue weighted by molar-refractivity contribution is 0.199. The molecule has 2 rings (SSSR count). The monoisotopic (exact) mass is 286 g/mol. The first-order valence-corrected chi connectivity index (χ1v) is 7.77. The summed E-state index contributed by atoms with van der Waals surface area (Å²) in [6, 6.07) is 12.9. The Hall–Kier alpha value is -1.58. The Kier molecular flexibility index (Phi) is 7.05. The number of hydrogen-bond donors (Lipinski definition) is 1. The molecule has 0 aliphatic heterocycles. The van der Waals surface area contributed by atoms with E-state index in [4.69, 9.17) is 4.74 Å². The molecular formula is C18H26N2O. The second-order valence-corrected chi connectivity index (χ2v) is 5.37. The van der Waals surface area contributed by atoms with Crippen LogP contribution < -0.4 is 5.32 Å². The smallest absolute Gasteiger partial charge is 0.0587 e. The molecule has 0 unspecified atom stereocenters. The van der Waals surface area contributed by atoms with Crippen LogP contribution in [0.2, 0.25) is 0 Å². The zero-order chi connectivity index (χ0) is 14.8. The second kappa shape index (κ2) is 9.37. The summed E-state index contributed by atoms with van der Waals surface area (Å²) in [5.41, 5.74) is 2.78. The van der Waals surface area contributed by atoms with Crippen LogP contribution in [0.25, 0.3) is 0 Å². The molecule has 0 saturated heterocycles. The van der Waals surface area contributed by atoms with E-state index in [2.05, 4.69) is 58.7 Å². The highest BCUT2D eigenvalue weighted by molar-refractivity contribution is 5.14. The van der Waals surface area contributed by atoms with Crippen LogP contribution in [0.4, 0.5) is 0 Å². The minimum atomic E-state index is 0.764. The summed E-state index contributed by atoms with van der Waals surface area (Å²) in [4.78, 5) is 0. The van der Waals surface area contributed by atoms with Crippen molar-refractivity contribution in [3.63, 3.8) is 0 Å². The summed E-state index contributed by atoms with van der Waals surface area (Å²) in [5, 5.41) is 3.37. The summed E-state index contributed by atoms with van der Waals surface area (Å²) in [5.74, 6) is 0. The van der Waals surface area contributed by atoms with Crippen LogP contribution in [-0.4, -0.2) is 24.8 Å². The highest BCUT2D eigenvalue weighted by Gasteiger charge is 1.98. The number of aromatic nitrogens is 1. The lowest BCUT2D eigenvalue weighted by Gasteiger charge is -2.04. The number of methoxy groups -OCH3 is 1. The number of unbranched alkanes of at least 4 members (excludes halogenated alkanes) is 1. The lowest BCUT2D eigenvalue weighted by Crippen LogP contribution is -2.18. The number of hydrogen-bond acceptors (Lipinski definition) is 2. The van der Waals surface area contributed by atoms with E-state index in [0.717, 1.165) is 26.2 Å². The molecule has 2 aromatic rings. The molecule has 0 fully saturated rings. The largest absolute Gasteiger partial charge is 0.383 e. The second-order valence-electron chi connectivity index (χ2n) is 5.37. The molecule has 0 amide bonds. The number of benzene rings is 1. The molecule has 114 valence electrons. The van der Waals surface area contributed by atoms with Crippen LogP contribution in [0.15, 0.2) is 48.8 Å².